The smallest absolute Gasteiger partial charge is 0.311 e. The largest absolute Gasteiger partial charge is 0.481 e. The average molecular weight is 296 g/mol. The summed E-state index contributed by atoms with van der Waals surface area (Å²) >= 11 is 0. The summed E-state index contributed by atoms with van der Waals surface area (Å²) in [6.45, 7) is 3.98. The maximum atomic E-state index is 12.1. The Balaban J connectivity index is 1.80. The van der Waals surface area contributed by atoms with Crippen LogP contribution >= 0.6 is 0 Å². The molecule has 0 aromatic heterocycles. The number of hydrogen-bond donors (Lipinski definition) is 3. The van der Waals surface area contributed by atoms with Crippen molar-refractivity contribution in [2.45, 2.75) is 70.9 Å². The monoisotopic (exact) mass is 296 g/mol. The Morgan fingerprint density at radius 3 is 2.24 bits per heavy atom. The van der Waals surface area contributed by atoms with Crippen LogP contribution in [0.2, 0.25) is 0 Å². The van der Waals surface area contributed by atoms with Crippen LogP contribution in [0.15, 0.2) is 0 Å². The average Bonchev–Trinajstić information content (AvgIpc) is 2.79. The predicted octanol–water partition coefficient (Wildman–Crippen LogP) is 1.91. The van der Waals surface area contributed by atoms with Gasteiger partial charge in [-0.2, -0.15) is 0 Å². The first-order valence-electron chi connectivity index (χ1n) is 8.25. The van der Waals surface area contributed by atoms with Crippen molar-refractivity contribution in [2.75, 3.05) is 6.54 Å². The van der Waals surface area contributed by atoms with Gasteiger partial charge < -0.3 is 15.7 Å². The number of carboxylic acids is 1. The first-order chi connectivity index (χ1) is 9.99. The highest BCUT2D eigenvalue weighted by molar-refractivity contribution is 5.79. The van der Waals surface area contributed by atoms with Gasteiger partial charge >= 0.3 is 5.97 Å². The summed E-state index contributed by atoms with van der Waals surface area (Å²) in [6, 6.07) is 1.18. The lowest BCUT2D eigenvalue weighted by atomic mass is 9.82. The van der Waals surface area contributed by atoms with E-state index in [9.17, 15) is 14.7 Å². The van der Waals surface area contributed by atoms with E-state index in [2.05, 4.69) is 10.6 Å². The number of carboxylic acid groups (broad SMARTS) is 1. The molecule has 2 atom stereocenters. The van der Waals surface area contributed by atoms with E-state index >= 15 is 0 Å². The summed E-state index contributed by atoms with van der Waals surface area (Å²) in [5.41, 5.74) is -0.817. The molecule has 2 unspecified atom stereocenters. The first kappa shape index (κ1) is 16.3. The molecule has 0 aliphatic carbocycles. The number of piperidine rings is 1. The summed E-state index contributed by atoms with van der Waals surface area (Å²) < 4.78 is 0. The van der Waals surface area contributed by atoms with Crippen LogP contribution in [0.25, 0.3) is 0 Å². The zero-order chi connectivity index (χ0) is 15.5. The molecule has 0 aromatic carbocycles. The van der Waals surface area contributed by atoms with Gasteiger partial charge in [-0.05, 0) is 44.4 Å². The molecular weight excluding hydrogens is 268 g/mol. The highest BCUT2D eigenvalue weighted by atomic mass is 16.4. The Morgan fingerprint density at radius 2 is 1.76 bits per heavy atom. The molecule has 2 aliphatic heterocycles. The molecule has 2 aliphatic rings. The molecule has 2 bridgehead atoms. The summed E-state index contributed by atoms with van der Waals surface area (Å²) in [5.74, 6) is -0.354. The van der Waals surface area contributed by atoms with Crippen LogP contribution in [-0.2, 0) is 9.59 Å². The van der Waals surface area contributed by atoms with E-state index in [4.69, 9.17) is 0 Å². The standard InChI is InChI=1S/C16H28N2O3/c1-3-16(4-2,15(20)21)10-17-14(19)9-11-7-12-5-6-13(8-11)18-12/h11-13,18H,3-10H2,1-2H3,(H,17,19)(H,20,21). The van der Waals surface area contributed by atoms with E-state index in [-0.39, 0.29) is 12.5 Å². The minimum Gasteiger partial charge on any atom is -0.481 e. The van der Waals surface area contributed by atoms with Crippen LogP contribution in [0, 0.1) is 11.3 Å². The third kappa shape index (κ3) is 3.76. The third-order valence-electron chi connectivity index (χ3n) is 5.48. The van der Waals surface area contributed by atoms with Crippen molar-refractivity contribution in [3.8, 4) is 0 Å². The van der Waals surface area contributed by atoms with E-state index < -0.39 is 11.4 Å². The van der Waals surface area contributed by atoms with E-state index in [0.29, 0.717) is 37.3 Å². The number of amides is 1. The minimum absolute atomic E-state index is 0.00817. The summed E-state index contributed by atoms with van der Waals surface area (Å²) in [5, 5.41) is 15.8. The van der Waals surface area contributed by atoms with Crippen molar-refractivity contribution in [3.05, 3.63) is 0 Å². The van der Waals surface area contributed by atoms with Crippen molar-refractivity contribution in [1.29, 1.82) is 0 Å². The Bertz CT molecular complexity index is 381. The molecule has 0 saturated carbocycles. The molecule has 2 heterocycles. The normalized spacial score (nSPS) is 28.4. The summed E-state index contributed by atoms with van der Waals surface area (Å²) in [6.07, 6.45) is 6.24. The van der Waals surface area contributed by atoms with Crippen molar-refractivity contribution in [3.63, 3.8) is 0 Å². The van der Waals surface area contributed by atoms with Crippen molar-refractivity contribution >= 4 is 11.9 Å². The molecule has 2 rings (SSSR count). The Labute approximate surface area is 126 Å². The van der Waals surface area contributed by atoms with Crippen LogP contribution in [0.5, 0.6) is 0 Å². The zero-order valence-corrected chi connectivity index (χ0v) is 13.2. The number of carbonyl (C=O) groups is 2. The number of nitrogens with one attached hydrogen (secondary N) is 2. The summed E-state index contributed by atoms with van der Waals surface area (Å²) in [4.78, 5) is 23.5. The van der Waals surface area contributed by atoms with Gasteiger partial charge in [0.2, 0.25) is 5.91 Å². The number of aliphatic carboxylic acids is 1. The summed E-state index contributed by atoms with van der Waals surface area (Å²) in [7, 11) is 0. The fourth-order valence-corrected chi connectivity index (χ4v) is 3.82. The van der Waals surface area contributed by atoms with Gasteiger partial charge in [-0.1, -0.05) is 13.8 Å². The highest BCUT2D eigenvalue weighted by Crippen LogP contribution is 2.32. The lowest BCUT2D eigenvalue weighted by Gasteiger charge is -2.30. The molecule has 3 N–H and O–H groups in total. The van der Waals surface area contributed by atoms with Crippen molar-refractivity contribution in [1.82, 2.24) is 10.6 Å². The van der Waals surface area contributed by atoms with Gasteiger partial charge in [0.05, 0.1) is 5.41 Å². The minimum atomic E-state index is -0.817. The maximum absolute atomic E-state index is 12.1. The molecule has 0 spiro atoms. The van der Waals surface area contributed by atoms with E-state index in [1.54, 1.807) is 0 Å². The molecule has 5 nitrogen and oxygen atoms in total. The van der Waals surface area contributed by atoms with Gasteiger partial charge in [-0.25, -0.2) is 0 Å². The lowest BCUT2D eigenvalue weighted by molar-refractivity contribution is -0.149. The van der Waals surface area contributed by atoms with Crippen molar-refractivity contribution in [2.24, 2.45) is 11.3 Å². The van der Waals surface area contributed by atoms with E-state index in [1.165, 1.54) is 12.8 Å². The molecule has 2 saturated heterocycles. The molecule has 1 amide bonds. The van der Waals surface area contributed by atoms with Crippen LogP contribution in [0.4, 0.5) is 0 Å². The van der Waals surface area contributed by atoms with Gasteiger partial charge in [0.15, 0.2) is 0 Å². The topological polar surface area (TPSA) is 78.4 Å². The van der Waals surface area contributed by atoms with Crippen LogP contribution in [-0.4, -0.2) is 35.6 Å². The lowest BCUT2D eigenvalue weighted by Crippen LogP contribution is -2.44. The number of hydrogen-bond acceptors (Lipinski definition) is 3. The second-order valence-electron chi connectivity index (χ2n) is 6.75. The Hall–Kier alpha value is -1.10. The van der Waals surface area contributed by atoms with Gasteiger partial charge in [-0.15, -0.1) is 0 Å². The quantitative estimate of drug-likeness (QED) is 0.670. The fourth-order valence-electron chi connectivity index (χ4n) is 3.82. The van der Waals surface area contributed by atoms with Gasteiger partial charge in [0.1, 0.15) is 0 Å². The molecule has 21 heavy (non-hydrogen) atoms. The Kier molecular flexibility index (Phi) is 5.25. The molecular formula is C16H28N2O3. The van der Waals surface area contributed by atoms with Crippen LogP contribution in [0.1, 0.15) is 58.8 Å². The molecule has 5 heteroatoms. The van der Waals surface area contributed by atoms with Gasteiger partial charge in [-0.3, -0.25) is 9.59 Å². The van der Waals surface area contributed by atoms with Crippen LogP contribution < -0.4 is 10.6 Å². The third-order valence-corrected chi connectivity index (χ3v) is 5.48. The van der Waals surface area contributed by atoms with Gasteiger partial charge in [0, 0.05) is 25.0 Å². The van der Waals surface area contributed by atoms with E-state index in [1.807, 2.05) is 13.8 Å². The fraction of sp³-hybridized carbons (Fsp3) is 0.875. The molecule has 2 fully saturated rings. The molecule has 120 valence electrons. The molecule has 0 aromatic rings. The number of carbonyl (C=O) groups excluding carboxylic acids is 1. The zero-order valence-electron chi connectivity index (χ0n) is 13.2. The van der Waals surface area contributed by atoms with Gasteiger partial charge in [0.25, 0.3) is 0 Å². The SMILES string of the molecule is CCC(CC)(CNC(=O)CC1CC2CCC(C1)N2)C(=O)O. The van der Waals surface area contributed by atoms with E-state index in [0.717, 1.165) is 12.8 Å². The van der Waals surface area contributed by atoms with Crippen LogP contribution in [0.3, 0.4) is 0 Å². The second-order valence-corrected chi connectivity index (χ2v) is 6.75. The van der Waals surface area contributed by atoms with Crippen molar-refractivity contribution < 1.29 is 14.7 Å². The second kappa shape index (κ2) is 6.77. The Morgan fingerprint density at radius 1 is 1.19 bits per heavy atom. The maximum Gasteiger partial charge on any atom is 0.311 e. The predicted molar refractivity (Wildman–Crippen MR) is 80.9 cm³/mol. The number of fused-ring (bicyclic) bond motifs is 2. The first-order valence-corrected chi connectivity index (χ1v) is 8.25. The highest BCUT2D eigenvalue weighted by Gasteiger charge is 2.36. The number of rotatable bonds is 7. The molecule has 0 radical (unpaired) electrons.